The molecular weight excluding hydrogens is 288 g/mol. The summed E-state index contributed by atoms with van der Waals surface area (Å²) in [6.07, 6.45) is 2.70. The van der Waals surface area contributed by atoms with Crippen LogP contribution in [0.2, 0.25) is 0 Å². The van der Waals surface area contributed by atoms with Crippen LogP contribution in [0.4, 0.5) is 5.69 Å². The van der Waals surface area contributed by atoms with Gasteiger partial charge in [-0.25, -0.2) is 0 Å². The molecule has 0 spiro atoms. The topological polar surface area (TPSA) is 6.48 Å². The number of benzene rings is 1. The van der Waals surface area contributed by atoms with Crippen molar-refractivity contribution >= 4 is 21.6 Å². The average molecular weight is 311 g/mol. The number of rotatable bonds is 5. The summed E-state index contributed by atoms with van der Waals surface area (Å²) in [7, 11) is 2.20. The minimum Gasteiger partial charge on any atom is -0.373 e. The van der Waals surface area contributed by atoms with E-state index in [2.05, 4.69) is 64.0 Å². The molecule has 18 heavy (non-hydrogen) atoms. The maximum Gasteiger partial charge on any atom is 0.0364 e. The van der Waals surface area contributed by atoms with Gasteiger partial charge in [-0.15, -0.1) is 0 Å². The van der Waals surface area contributed by atoms with Crippen LogP contribution in [0.5, 0.6) is 0 Å². The minimum atomic E-state index is 0.732. The van der Waals surface area contributed by atoms with E-state index >= 15 is 0 Å². The molecule has 0 aliphatic carbocycles. The fourth-order valence-corrected chi connectivity index (χ4v) is 3.15. The standard InChI is InChI=1S/C15H23BrN2/c1-3-18-10-4-5-15(18)12-17(2)14-8-6-13(11-16)7-9-14/h6-9,15H,3-5,10-12H2,1-2H3. The third kappa shape index (κ3) is 3.27. The van der Waals surface area contributed by atoms with Crippen molar-refractivity contribution in [3.8, 4) is 0 Å². The third-order valence-corrected chi connectivity index (χ3v) is 4.57. The Kier molecular flexibility index (Phi) is 5.07. The summed E-state index contributed by atoms with van der Waals surface area (Å²) in [5.74, 6) is 0. The summed E-state index contributed by atoms with van der Waals surface area (Å²) in [6, 6.07) is 9.58. The molecule has 100 valence electrons. The fraction of sp³-hybridized carbons (Fsp3) is 0.600. The molecule has 0 saturated carbocycles. The molecule has 3 heteroatoms. The van der Waals surface area contributed by atoms with Gasteiger partial charge in [0.2, 0.25) is 0 Å². The second-order valence-electron chi connectivity index (χ2n) is 5.11. The number of anilines is 1. The van der Waals surface area contributed by atoms with E-state index in [1.165, 1.54) is 37.2 Å². The highest BCUT2D eigenvalue weighted by atomic mass is 79.9. The minimum absolute atomic E-state index is 0.732. The number of likely N-dealkylation sites (tertiary alicyclic amines) is 1. The van der Waals surface area contributed by atoms with E-state index in [0.29, 0.717) is 0 Å². The molecule has 0 amide bonds. The van der Waals surface area contributed by atoms with Crippen molar-refractivity contribution < 1.29 is 0 Å². The van der Waals surface area contributed by atoms with Gasteiger partial charge in [0.1, 0.15) is 0 Å². The van der Waals surface area contributed by atoms with E-state index in [0.717, 1.165) is 17.9 Å². The fourth-order valence-electron chi connectivity index (χ4n) is 2.78. The number of halogens is 1. The first-order valence-electron chi connectivity index (χ1n) is 6.84. The van der Waals surface area contributed by atoms with Crippen LogP contribution in [-0.4, -0.2) is 37.6 Å². The van der Waals surface area contributed by atoms with E-state index in [9.17, 15) is 0 Å². The molecule has 0 bridgehead atoms. The zero-order valence-corrected chi connectivity index (χ0v) is 13.0. The van der Waals surface area contributed by atoms with Crippen LogP contribution in [0, 0.1) is 0 Å². The summed E-state index contributed by atoms with van der Waals surface area (Å²) >= 11 is 3.49. The van der Waals surface area contributed by atoms with Gasteiger partial charge in [-0.2, -0.15) is 0 Å². The Bertz CT molecular complexity index is 363. The van der Waals surface area contributed by atoms with Crippen molar-refractivity contribution in [3.05, 3.63) is 29.8 Å². The highest BCUT2D eigenvalue weighted by Gasteiger charge is 2.23. The molecule has 1 fully saturated rings. The summed E-state index contributed by atoms with van der Waals surface area (Å²) < 4.78 is 0. The zero-order chi connectivity index (χ0) is 13.0. The van der Waals surface area contributed by atoms with Gasteiger partial charge >= 0.3 is 0 Å². The van der Waals surface area contributed by atoms with Crippen LogP contribution in [0.15, 0.2) is 24.3 Å². The highest BCUT2D eigenvalue weighted by molar-refractivity contribution is 9.08. The van der Waals surface area contributed by atoms with Crippen LogP contribution < -0.4 is 4.90 Å². The molecule has 0 N–H and O–H groups in total. The van der Waals surface area contributed by atoms with Crippen molar-refractivity contribution in [1.29, 1.82) is 0 Å². The second-order valence-corrected chi connectivity index (χ2v) is 5.67. The second kappa shape index (κ2) is 6.58. The first-order valence-corrected chi connectivity index (χ1v) is 7.96. The van der Waals surface area contributed by atoms with E-state index in [1.54, 1.807) is 0 Å². The first-order chi connectivity index (χ1) is 8.74. The van der Waals surface area contributed by atoms with Crippen LogP contribution in [0.3, 0.4) is 0 Å². The molecular formula is C15H23BrN2. The summed E-state index contributed by atoms with van der Waals surface area (Å²) in [4.78, 5) is 4.99. The maximum atomic E-state index is 3.49. The Hall–Kier alpha value is -0.540. The van der Waals surface area contributed by atoms with Crippen molar-refractivity contribution in [1.82, 2.24) is 4.90 Å². The van der Waals surface area contributed by atoms with Crippen LogP contribution in [0.25, 0.3) is 0 Å². The zero-order valence-electron chi connectivity index (χ0n) is 11.4. The van der Waals surface area contributed by atoms with E-state index < -0.39 is 0 Å². The summed E-state index contributed by atoms with van der Waals surface area (Å²) in [5.41, 5.74) is 2.66. The van der Waals surface area contributed by atoms with Crippen molar-refractivity contribution in [3.63, 3.8) is 0 Å². The van der Waals surface area contributed by atoms with Gasteiger partial charge in [0.25, 0.3) is 0 Å². The molecule has 1 unspecified atom stereocenters. The quantitative estimate of drug-likeness (QED) is 0.768. The van der Waals surface area contributed by atoms with Gasteiger partial charge in [0.15, 0.2) is 0 Å². The Morgan fingerprint density at radius 1 is 1.33 bits per heavy atom. The van der Waals surface area contributed by atoms with Gasteiger partial charge in [0, 0.05) is 30.7 Å². The number of likely N-dealkylation sites (N-methyl/N-ethyl adjacent to an activating group) is 2. The lowest BCUT2D eigenvalue weighted by Crippen LogP contribution is -2.38. The number of nitrogens with zero attached hydrogens (tertiary/aromatic N) is 2. The molecule has 0 aromatic heterocycles. The highest BCUT2D eigenvalue weighted by Crippen LogP contribution is 2.21. The number of hydrogen-bond donors (Lipinski definition) is 0. The van der Waals surface area contributed by atoms with E-state index in [4.69, 9.17) is 0 Å². The third-order valence-electron chi connectivity index (χ3n) is 3.92. The Balaban J connectivity index is 1.95. The van der Waals surface area contributed by atoms with E-state index in [-0.39, 0.29) is 0 Å². The normalized spacial score (nSPS) is 20.3. The number of alkyl halides is 1. The van der Waals surface area contributed by atoms with Crippen LogP contribution >= 0.6 is 15.9 Å². The van der Waals surface area contributed by atoms with Crippen LogP contribution in [-0.2, 0) is 5.33 Å². The largest absolute Gasteiger partial charge is 0.373 e. The summed E-state index contributed by atoms with van der Waals surface area (Å²) in [5, 5.41) is 0.934. The predicted octanol–water partition coefficient (Wildman–Crippen LogP) is 3.50. The maximum absolute atomic E-state index is 3.49. The van der Waals surface area contributed by atoms with E-state index in [1.807, 2.05) is 0 Å². The molecule has 2 rings (SSSR count). The van der Waals surface area contributed by atoms with Gasteiger partial charge < -0.3 is 4.90 Å². The monoisotopic (exact) mass is 310 g/mol. The Morgan fingerprint density at radius 3 is 2.67 bits per heavy atom. The van der Waals surface area contributed by atoms with Crippen molar-refractivity contribution in [2.24, 2.45) is 0 Å². The SMILES string of the molecule is CCN1CCCC1CN(C)c1ccc(CBr)cc1. The van der Waals surface area contributed by atoms with Crippen molar-refractivity contribution in [2.45, 2.75) is 31.1 Å². The lowest BCUT2D eigenvalue weighted by atomic mass is 10.1. The van der Waals surface area contributed by atoms with Crippen molar-refractivity contribution in [2.75, 3.05) is 31.6 Å². The smallest absolute Gasteiger partial charge is 0.0364 e. The molecule has 1 atom stereocenters. The average Bonchev–Trinajstić information content (AvgIpc) is 2.86. The Labute approximate surface area is 119 Å². The molecule has 1 aromatic rings. The molecule has 2 nitrogen and oxygen atoms in total. The summed E-state index contributed by atoms with van der Waals surface area (Å²) in [6.45, 7) is 5.86. The van der Waals surface area contributed by atoms with Gasteiger partial charge in [-0.1, -0.05) is 35.0 Å². The van der Waals surface area contributed by atoms with Crippen LogP contribution in [0.1, 0.15) is 25.3 Å². The molecule has 1 saturated heterocycles. The molecule has 0 radical (unpaired) electrons. The lowest BCUT2D eigenvalue weighted by molar-refractivity contribution is 0.270. The number of hydrogen-bond acceptors (Lipinski definition) is 2. The molecule has 1 aliphatic rings. The van der Waals surface area contributed by atoms with Gasteiger partial charge in [-0.3, -0.25) is 4.90 Å². The first kappa shape index (κ1) is 13.9. The molecule has 1 aromatic carbocycles. The molecule has 1 heterocycles. The molecule has 1 aliphatic heterocycles. The van der Waals surface area contributed by atoms with Gasteiger partial charge in [-0.05, 0) is 43.6 Å². The predicted molar refractivity (Wildman–Crippen MR) is 82.6 cm³/mol. The lowest BCUT2D eigenvalue weighted by Gasteiger charge is -2.29. The van der Waals surface area contributed by atoms with Gasteiger partial charge in [0.05, 0.1) is 0 Å². The Morgan fingerprint density at radius 2 is 2.06 bits per heavy atom.